The minimum atomic E-state index is 1.08. The summed E-state index contributed by atoms with van der Waals surface area (Å²) in [4.78, 5) is 0. The Morgan fingerprint density at radius 1 is 0.300 bits per heavy atom. The predicted molar refractivity (Wildman–Crippen MR) is 129 cm³/mol. The molecular formula is C30H26. The SMILES string of the molecule is c1ccc2cc(CCc3ccc(CCc4ccc5ccccc5c4)cc3)ccc2c1. The predicted octanol–water partition coefficient (Wildman–Crippen LogP) is 7.56. The highest BCUT2D eigenvalue weighted by atomic mass is 14.1. The molecule has 0 aliphatic heterocycles. The number of benzene rings is 5. The molecule has 0 saturated carbocycles. The molecule has 0 aromatic heterocycles. The second kappa shape index (κ2) is 8.55. The average molecular weight is 387 g/mol. The van der Waals surface area contributed by atoms with E-state index in [2.05, 4.69) is 109 Å². The third kappa shape index (κ3) is 4.28. The Bertz CT molecular complexity index is 1180. The lowest BCUT2D eigenvalue weighted by molar-refractivity contribution is 0.942. The van der Waals surface area contributed by atoms with Gasteiger partial charge in [0, 0.05) is 0 Å². The topological polar surface area (TPSA) is 0 Å². The van der Waals surface area contributed by atoms with E-state index in [0.717, 1.165) is 25.7 Å². The molecule has 0 heteroatoms. The number of rotatable bonds is 6. The molecule has 0 fully saturated rings. The number of hydrogen-bond acceptors (Lipinski definition) is 0. The maximum Gasteiger partial charge on any atom is -0.0181 e. The number of hydrogen-bond donors (Lipinski definition) is 0. The Labute approximate surface area is 178 Å². The molecule has 5 aromatic carbocycles. The maximum absolute atomic E-state index is 2.33. The van der Waals surface area contributed by atoms with Crippen LogP contribution in [0.25, 0.3) is 21.5 Å². The molecule has 0 unspecified atom stereocenters. The Morgan fingerprint density at radius 2 is 0.633 bits per heavy atom. The molecule has 0 amide bonds. The fourth-order valence-corrected chi connectivity index (χ4v) is 4.24. The van der Waals surface area contributed by atoms with E-state index >= 15 is 0 Å². The highest BCUT2D eigenvalue weighted by Gasteiger charge is 2.01. The van der Waals surface area contributed by atoms with Crippen LogP contribution < -0.4 is 0 Å². The standard InChI is InChI=1S/C30H26/c1-3-7-29-21-25(17-19-27(29)5-1)15-13-23-9-11-24(12-10-23)14-16-26-18-20-28-6-2-4-8-30(28)22-26/h1-12,17-22H,13-16H2. The van der Waals surface area contributed by atoms with E-state index in [4.69, 9.17) is 0 Å². The molecule has 0 spiro atoms. The molecule has 0 heterocycles. The van der Waals surface area contributed by atoms with Crippen molar-refractivity contribution in [3.05, 3.63) is 131 Å². The fraction of sp³-hybridized carbons (Fsp3) is 0.133. The summed E-state index contributed by atoms with van der Waals surface area (Å²) in [6.45, 7) is 0. The van der Waals surface area contributed by atoms with Crippen molar-refractivity contribution in [1.29, 1.82) is 0 Å². The minimum absolute atomic E-state index is 1.08. The normalized spacial score (nSPS) is 11.2. The van der Waals surface area contributed by atoms with Crippen LogP contribution in [0.4, 0.5) is 0 Å². The third-order valence-electron chi connectivity index (χ3n) is 6.06. The molecule has 0 aliphatic carbocycles. The number of aryl methyl sites for hydroxylation is 4. The molecule has 0 saturated heterocycles. The van der Waals surface area contributed by atoms with Crippen molar-refractivity contribution in [1.82, 2.24) is 0 Å². The lowest BCUT2D eigenvalue weighted by Crippen LogP contribution is -1.94. The highest BCUT2D eigenvalue weighted by Crippen LogP contribution is 2.19. The summed E-state index contributed by atoms with van der Waals surface area (Å²) in [5.41, 5.74) is 5.65. The van der Waals surface area contributed by atoms with Crippen molar-refractivity contribution < 1.29 is 0 Å². The van der Waals surface area contributed by atoms with Crippen LogP contribution in [0.2, 0.25) is 0 Å². The third-order valence-corrected chi connectivity index (χ3v) is 6.06. The quantitative estimate of drug-likeness (QED) is 0.282. The van der Waals surface area contributed by atoms with Gasteiger partial charge in [-0.05, 0) is 69.5 Å². The van der Waals surface area contributed by atoms with Crippen molar-refractivity contribution in [3.63, 3.8) is 0 Å². The Balaban J connectivity index is 1.19. The Morgan fingerprint density at radius 3 is 1.07 bits per heavy atom. The molecule has 0 N–H and O–H groups in total. The first-order valence-electron chi connectivity index (χ1n) is 10.9. The van der Waals surface area contributed by atoms with Crippen LogP contribution in [0.15, 0.2) is 109 Å². The summed E-state index contributed by atoms with van der Waals surface area (Å²) >= 11 is 0. The van der Waals surface area contributed by atoms with Gasteiger partial charge in [0.15, 0.2) is 0 Å². The molecule has 0 atom stereocenters. The lowest BCUT2D eigenvalue weighted by Gasteiger charge is -2.07. The average Bonchev–Trinajstić information content (AvgIpc) is 2.82. The second-order valence-electron chi connectivity index (χ2n) is 8.18. The van der Waals surface area contributed by atoms with Gasteiger partial charge in [0.2, 0.25) is 0 Å². The molecule has 0 bridgehead atoms. The van der Waals surface area contributed by atoms with Crippen LogP contribution in [-0.2, 0) is 25.7 Å². The zero-order chi connectivity index (χ0) is 20.2. The van der Waals surface area contributed by atoms with Crippen molar-refractivity contribution in [2.24, 2.45) is 0 Å². The highest BCUT2D eigenvalue weighted by molar-refractivity contribution is 5.83. The van der Waals surface area contributed by atoms with Crippen molar-refractivity contribution >= 4 is 21.5 Å². The summed E-state index contributed by atoms with van der Waals surface area (Å²) in [7, 11) is 0. The van der Waals surface area contributed by atoms with Crippen molar-refractivity contribution in [2.45, 2.75) is 25.7 Å². The smallest absolute Gasteiger partial charge is 0.0181 e. The van der Waals surface area contributed by atoms with Gasteiger partial charge < -0.3 is 0 Å². The minimum Gasteiger partial charge on any atom is -0.0616 e. The van der Waals surface area contributed by atoms with Crippen molar-refractivity contribution in [3.8, 4) is 0 Å². The summed E-state index contributed by atoms with van der Waals surface area (Å²) in [5.74, 6) is 0. The summed E-state index contributed by atoms with van der Waals surface area (Å²) in [6, 6.07) is 40.0. The lowest BCUT2D eigenvalue weighted by atomic mass is 9.98. The van der Waals surface area contributed by atoms with Crippen LogP contribution in [-0.4, -0.2) is 0 Å². The van der Waals surface area contributed by atoms with Crippen LogP contribution >= 0.6 is 0 Å². The summed E-state index contributed by atoms with van der Waals surface area (Å²) in [5, 5.41) is 5.30. The fourth-order valence-electron chi connectivity index (χ4n) is 4.24. The maximum atomic E-state index is 2.33. The molecule has 0 aliphatic rings. The van der Waals surface area contributed by atoms with Gasteiger partial charge in [0.1, 0.15) is 0 Å². The zero-order valence-corrected chi connectivity index (χ0v) is 17.2. The molecule has 146 valence electrons. The van der Waals surface area contributed by atoms with E-state index in [0.29, 0.717) is 0 Å². The molecule has 5 aromatic rings. The van der Waals surface area contributed by atoms with E-state index in [-0.39, 0.29) is 0 Å². The Hall–Kier alpha value is -3.38. The number of fused-ring (bicyclic) bond motifs is 2. The van der Waals surface area contributed by atoms with Gasteiger partial charge in [-0.25, -0.2) is 0 Å². The Kier molecular flexibility index (Phi) is 5.31. The first-order chi connectivity index (χ1) is 14.8. The summed E-state index contributed by atoms with van der Waals surface area (Å²) < 4.78 is 0. The van der Waals surface area contributed by atoms with Crippen LogP contribution in [0.1, 0.15) is 22.3 Å². The van der Waals surface area contributed by atoms with E-state index in [1.54, 1.807) is 0 Å². The second-order valence-corrected chi connectivity index (χ2v) is 8.18. The molecule has 0 nitrogen and oxygen atoms in total. The van der Waals surface area contributed by atoms with E-state index in [1.165, 1.54) is 43.8 Å². The largest absolute Gasteiger partial charge is 0.0616 e. The molecule has 30 heavy (non-hydrogen) atoms. The van der Waals surface area contributed by atoms with Gasteiger partial charge in [0.05, 0.1) is 0 Å². The first-order valence-corrected chi connectivity index (χ1v) is 10.9. The van der Waals surface area contributed by atoms with Crippen LogP contribution in [0.3, 0.4) is 0 Å². The van der Waals surface area contributed by atoms with Crippen molar-refractivity contribution in [2.75, 3.05) is 0 Å². The van der Waals surface area contributed by atoms with E-state index < -0.39 is 0 Å². The van der Waals surface area contributed by atoms with Crippen LogP contribution in [0.5, 0.6) is 0 Å². The van der Waals surface area contributed by atoms with Crippen LogP contribution in [0, 0.1) is 0 Å². The molecule has 0 radical (unpaired) electrons. The van der Waals surface area contributed by atoms with Gasteiger partial charge in [0.25, 0.3) is 0 Å². The summed E-state index contributed by atoms with van der Waals surface area (Å²) in [6.07, 6.45) is 4.34. The van der Waals surface area contributed by atoms with E-state index in [9.17, 15) is 0 Å². The van der Waals surface area contributed by atoms with Gasteiger partial charge >= 0.3 is 0 Å². The molecule has 5 rings (SSSR count). The van der Waals surface area contributed by atoms with Gasteiger partial charge in [-0.15, -0.1) is 0 Å². The van der Waals surface area contributed by atoms with Gasteiger partial charge in [-0.1, -0.05) is 109 Å². The molecular weight excluding hydrogens is 360 g/mol. The zero-order valence-electron chi connectivity index (χ0n) is 17.2. The monoisotopic (exact) mass is 386 g/mol. The first kappa shape index (κ1) is 18.6. The van der Waals surface area contributed by atoms with Gasteiger partial charge in [-0.3, -0.25) is 0 Å². The van der Waals surface area contributed by atoms with Gasteiger partial charge in [-0.2, -0.15) is 0 Å². The van der Waals surface area contributed by atoms with E-state index in [1.807, 2.05) is 0 Å².